The summed E-state index contributed by atoms with van der Waals surface area (Å²) < 4.78 is 0. The van der Waals surface area contributed by atoms with Crippen LogP contribution in [0.1, 0.15) is 19.3 Å². The summed E-state index contributed by atoms with van der Waals surface area (Å²) in [5.74, 6) is 0. The summed E-state index contributed by atoms with van der Waals surface area (Å²) in [5.41, 5.74) is 8.79. The van der Waals surface area contributed by atoms with Gasteiger partial charge in [0.05, 0.1) is 11.4 Å². The molecule has 3 nitrogen and oxygen atoms in total. The molecule has 2 N–H and O–H groups in total. The topological polar surface area (TPSA) is 32.5 Å². The van der Waals surface area contributed by atoms with Gasteiger partial charge in [-0.2, -0.15) is 0 Å². The quantitative estimate of drug-likeness (QED) is 0.800. The fourth-order valence-electron chi connectivity index (χ4n) is 3.18. The third-order valence-corrected chi connectivity index (χ3v) is 4.17. The summed E-state index contributed by atoms with van der Waals surface area (Å²) in [6.07, 6.45) is 3.58. The van der Waals surface area contributed by atoms with E-state index in [4.69, 9.17) is 5.73 Å². The summed E-state index contributed by atoms with van der Waals surface area (Å²) in [6, 6.07) is 9.79. The zero-order valence-corrected chi connectivity index (χ0v) is 10.5. The molecule has 1 aliphatic carbocycles. The van der Waals surface area contributed by atoms with E-state index in [9.17, 15) is 0 Å². The Labute approximate surface area is 103 Å². The summed E-state index contributed by atoms with van der Waals surface area (Å²) >= 11 is 0. The molecule has 92 valence electrons. The summed E-state index contributed by atoms with van der Waals surface area (Å²) in [5, 5.41) is 0. The van der Waals surface area contributed by atoms with Crippen molar-refractivity contribution >= 4 is 11.4 Å². The molecule has 1 aromatic carbocycles. The Hall–Kier alpha value is -1.22. The van der Waals surface area contributed by atoms with Crippen molar-refractivity contribution in [2.75, 3.05) is 29.9 Å². The molecule has 1 fully saturated rings. The molecule has 0 aromatic heterocycles. The monoisotopic (exact) mass is 231 g/mol. The van der Waals surface area contributed by atoms with E-state index in [2.05, 4.69) is 41.1 Å². The maximum absolute atomic E-state index is 6.04. The molecule has 0 amide bonds. The van der Waals surface area contributed by atoms with Crippen LogP contribution < -0.4 is 15.5 Å². The minimum Gasteiger partial charge on any atom is -0.371 e. The number of hydrogen-bond donors (Lipinski definition) is 1. The zero-order valence-electron chi connectivity index (χ0n) is 10.5. The van der Waals surface area contributed by atoms with Crippen molar-refractivity contribution in [1.82, 2.24) is 0 Å². The van der Waals surface area contributed by atoms with Gasteiger partial charge in [-0.1, -0.05) is 12.1 Å². The number of fused-ring (bicyclic) bond motifs is 1. The molecule has 17 heavy (non-hydrogen) atoms. The van der Waals surface area contributed by atoms with Gasteiger partial charge >= 0.3 is 0 Å². The van der Waals surface area contributed by atoms with Gasteiger partial charge in [-0.05, 0) is 31.4 Å². The van der Waals surface area contributed by atoms with E-state index in [0.717, 1.165) is 19.5 Å². The average Bonchev–Trinajstić information content (AvgIpc) is 2.77. The number of hydrogen-bond acceptors (Lipinski definition) is 3. The highest BCUT2D eigenvalue weighted by Crippen LogP contribution is 2.36. The number of likely N-dealkylation sites (N-methyl/N-ethyl adjacent to an activating group) is 1. The number of rotatable bonds is 1. The lowest BCUT2D eigenvalue weighted by atomic mass is 10.1. The molecule has 0 radical (unpaired) electrons. The molecule has 2 aliphatic rings. The average molecular weight is 231 g/mol. The number of para-hydroxylation sites is 2. The Morgan fingerprint density at radius 1 is 1.12 bits per heavy atom. The Morgan fingerprint density at radius 2 is 1.88 bits per heavy atom. The van der Waals surface area contributed by atoms with Crippen LogP contribution in [0.5, 0.6) is 0 Å². The standard InChI is InChI=1S/C14H21N3/c1-16-8-9-17(12-7-6-11(15)10-12)14-5-3-2-4-13(14)16/h2-5,11-12H,6-10,15H2,1H3. The molecule has 0 bridgehead atoms. The fraction of sp³-hybridized carbons (Fsp3) is 0.571. The van der Waals surface area contributed by atoms with Gasteiger partial charge in [0.25, 0.3) is 0 Å². The van der Waals surface area contributed by atoms with Crippen molar-refractivity contribution in [3.8, 4) is 0 Å². The number of anilines is 2. The molecule has 1 saturated carbocycles. The first-order chi connectivity index (χ1) is 8.25. The third kappa shape index (κ3) is 1.89. The molecule has 3 heteroatoms. The van der Waals surface area contributed by atoms with E-state index in [0.29, 0.717) is 12.1 Å². The molecular formula is C14H21N3. The van der Waals surface area contributed by atoms with E-state index in [1.807, 2.05) is 0 Å². The summed E-state index contributed by atoms with van der Waals surface area (Å²) in [4.78, 5) is 4.92. The summed E-state index contributed by atoms with van der Waals surface area (Å²) in [7, 11) is 2.18. The van der Waals surface area contributed by atoms with E-state index >= 15 is 0 Å². The van der Waals surface area contributed by atoms with Crippen molar-refractivity contribution < 1.29 is 0 Å². The van der Waals surface area contributed by atoms with Crippen molar-refractivity contribution in [2.45, 2.75) is 31.3 Å². The van der Waals surface area contributed by atoms with Gasteiger partial charge in [0.1, 0.15) is 0 Å². The normalized spacial score (nSPS) is 28.4. The molecule has 1 aliphatic heterocycles. The van der Waals surface area contributed by atoms with Crippen LogP contribution in [-0.4, -0.2) is 32.2 Å². The van der Waals surface area contributed by atoms with Crippen LogP contribution in [0.25, 0.3) is 0 Å². The predicted octanol–water partition coefficient (Wildman–Crippen LogP) is 1.82. The smallest absolute Gasteiger partial charge is 0.0607 e. The van der Waals surface area contributed by atoms with E-state index in [-0.39, 0.29) is 0 Å². The second-order valence-electron chi connectivity index (χ2n) is 5.33. The Morgan fingerprint density at radius 3 is 2.59 bits per heavy atom. The van der Waals surface area contributed by atoms with E-state index in [1.165, 1.54) is 24.2 Å². The van der Waals surface area contributed by atoms with Gasteiger partial charge in [-0.25, -0.2) is 0 Å². The van der Waals surface area contributed by atoms with Gasteiger partial charge in [0.15, 0.2) is 0 Å². The van der Waals surface area contributed by atoms with Crippen LogP contribution in [-0.2, 0) is 0 Å². The number of benzene rings is 1. The lowest BCUT2D eigenvalue weighted by molar-refractivity contribution is 0.581. The molecule has 3 rings (SSSR count). The van der Waals surface area contributed by atoms with Crippen LogP contribution in [0.4, 0.5) is 11.4 Å². The van der Waals surface area contributed by atoms with E-state index in [1.54, 1.807) is 0 Å². The molecular weight excluding hydrogens is 210 g/mol. The Kier molecular flexibility index (Phi) is 2.71. The highest BCUT2D eigenvalue weighted by molar-refractivity contribution is 5.73. The molecule has 1 heterocycles. The van der Waals surface area contributed by atoms with Gasteiger partial charge < -0.3 is 15.5 Å². The highest BCUT2D eigenvalue weighted by Gasteiger charge is 2.30. The van der Waals surface area contributed by atoms with Gasteiger partial charge in [0, 0.05) is 32.2 Å². The Balaban J connectivity index is 1.90. The van der Waals surface area contributed by atoms with Crippen molar-refractivity contribution in [3.05, 3.63) is 24.3 Å². The molecule has 2 atom stereocenters. The lowest BCUT2D eigenvalue weighted by Crippen LogP contribution is -2.44. The number of nitrogens with zero attached hydrogens (tertiary/aromatic N) is 2. The minimum atomic E-state index is 0.409. The summed E-state index contributed by atoms with van der Waals surface area (Å²) in [6.45, 7) is 2.24. The maximum Gasteiger partial charge on any atom is 0.0607 e. The van der Waals surface area contributed by atoms with E-state index < -0.39 is 0 Å². The second kappa shape index (κ2) is 4.22. The number of nitrogens with two attached hydrogens (primary N) is 1. The van der Waals surface area contributed by atoms with Crippen LogP contribution in [0.2, 0.25) is 0 Å². The minimum absolute atomic E-state index is 0.409. The molecule has 2 unspecified atom stereocenters. The van der Waals surface area contributed by atoms with Crippen molar-refractivity contribution in [2.24, 2.45) is 5.73 Å². The van der Waals surface area contributed by atoms with Crippen molar-refractivity contribution in [3.63, 3.8) is 0 Å². The third-order valence-electron chi connectivity index (χ3n) is 4.17. The molecule has 0 saturated heterocycles. The van der Waals surface area contributed by atoms with Gasteiger partial charge in [-0.15, -0.1) is 0 Å². The fourth-order valence-corrected chi connectivity index (χ4v) is 3.18. The largest absolute Gasteiger partial charge is 0.371 e. The SMILES string of the molecule is CN1CCN(C2CCC(N)C2)c2ccccc21. The molecule has 1 aromatic rings. The van der Waals surface area contributed by atoms with Gasteiger partial charge in [0.2, 0.25) is 0 Å². The van der Waals surface area contributed by atoms with Crippen LogP contribution in [0, 0.1) is 0 Å². The highest BCUT2D eigenvalue weighted by atomic mass is 15.3. The maximum atomic E-state index is 6.04. The second-order valence-corrected chi connectivity index (χ2v) is 5.33. The first-order valence-electron chi connectivity index (χ1n) is 6.58. The predicted molar refractivity (Wildman–Crippen MR) is 72.7 cm³/mol. The van der Waals surface area contributed by atoms with Gasteiger partial charge in [-0.3, -0.25) is 0 Å². The van der Waals surface area contributed by atoms with Crippen molar-refractivity contribution in [1.29, 1.82) is 0 Å². The lowest BCUT2D eigenvalue weighted by Gasteiger charge is -2.40. The Bertz CT molecular complexity index is 404. The van der Waals surface area contributed by atoms with Crippen LogP contribution >= 0.6 is 0 Å². The first kappa shape index (κ1) is 10.9. The molecule has 0 spiro atoms. The first-order valence-corrected chi connectivity index (χ1v) is 6.58. The zero-order chi connectivity index (χ0) is 11.8. The van der Waals surface area contributed by atoms with Crippen LogP contribution in [0.3, 0.4) is 0 Å². The van der Waals surface area contributed by atoms with Crippen LogP contribution in [0.15, 0.2) is 24.3 Å².